The van der Waals surface area contributed by atoms with E-state index >= 15 is 0 Å². The Morgan fingerprint density at radius 2 is 1.60 bits per heavy atom. The lowest BCUT2D eigenvalue weighted by Gasteiger charge is -1.54. The monoisotopic (exact) mass is 110 g/mol. The topological polar surface area (TPSA) is 43.4 Å². The predicted molar refractivity (Wildman–Crippen MR) is 16.3 cm³/mol. The van der Waals surface area contributed by atoms with E-state index in [9.17, 15) is 0 Å². The van der Waals surface area contributed by atoms with Gasteiger partial charge >= 0.3 is 17.4 Å². The van der Waals surface area contributed by atoms with Crippen LogP contribution in [0.25, 0.3) is 0 Å². The molecule has 0 aromatic rings. The van der Waals surface area contributed by atoms with Crippen LogP contribution in [-0.2, 0) is 13.4 Å². The Bertz CT molecular complexity index is 34.2. The molecule has 0 spiro atoms. The van der Waals surface area contributed by atoms with Crippen molar-refractivity contribution in [3.63, 3.8) is 0 Å². The van der Waals surface area contributed by atoms with Crippen molar-refractivity contribution in [3.05, 3.63) is 0 Å². The minimum absolute atomic E-state index is 0.545. The second-order valence-electron chi connectivity index (χ2n) is 0.231. The summed E-state index contributed by atoms with van der Waals surface area (Å²) in [5, 5.41) is 0. The first-order valence-electron chi connectivity index (χ1n) is 0.730. The molecule has 0 bridgehead atoms. The van der Waals surface area contributed by atoms with Gasteiger partial charge in [0.1, 0.15) is 0 Å². The van der Waals surface area contributed by atoms with E-state index in [1.165, 1.54) is 0 Å². The van der Waals surface area contributed by atoms with Crippen LogP contribution in [0, 0.1) is 0 Å². The molecule has 0 aromatic carbocycles. The highest BCUT2D eigenvalue weighted by molar-refractivity contribution is 7.32. The van der Waals surface area contributed by atoms with E-state index in [1.54, 1.807) is 0 Å². The Hall–Kier alpha value is 0.160. The Morgan fingerprint density at radius 1 is 1.20 bits per heavy atom. The van der Waals surface area contributed by atoms with Gasteiger partial charge in [-0.3, -0.25) is 0 Å². The maximum absolute atomic E-state index is 9.07. The molecule has 0 amide bonds. The van der Waals surface area contributed by atoms with E-state index in [-0.39, 0.29) is 0 Å². The first-order chi connectivity index (χ1) is 2.41. The van der Waals surface area contributed by atoms with Crippen molar-refractivity contribution in [2.75, 3.05) is 0 Å². The van der Waals surface area contributed by atoms with Crippen molar-refractivity contribution in [2.24, 2.45) is 0 Å². The molecule has 0 rings (SSSR count). The van der Waals surface area contributed by atoms with Crippen molar-refractivity contribution in [3.8, 4) is 0 Å². The molecule has 0 atom stereocenters. The van der Waals surface area contributed by atoms with Gasteiger partial charge in [0.25, 0.3) is 0 Å². The highest BCUT2D eigenvalue weighted by atomic mass is 31.1. The molecular formula is O3P2. The van der Waals surface area contributed by atoms with Crippen LogP contribution in [0.15, 0.2) is 0 Å². The van der Waals surface area contributed by atoms with Crippen molar-refractivity contribution in [2.45, 2.75) is 0 Å². The lowest BCUT2D eigenvalue weighted by molar-refractivity contribution is 0.516. The highest BCUT2D eigenvalue weighted by Crippen LogP contribution is 2.04. The van der Waals surface area contributed by atoms with Crippen LogP contribution in [0.2, 0.25) is 0 Å². The average molecular weight is 110 g/mol. The third-order valence-electron chi connectivity index (χ3n) is 0.0667. The lowest BCUT2D eigenvalue weighted by Crippen LogP contribution is -1.26. The van der Waals surface area contributed by atoms with Gasteiger partial charge in [-0.2, -0.15) is 4.31 Å². The molecule has 3 nitrogen and oxygen atoms in total. The third-order valence-corrected chi connectivity index (χ3v) is 0.600. The molecule has 0 radical (unpaired) electrons. The standard InChI is InChI=1S/O3P2/c1-4-3-5-2. The number of hydrogen-bond donors (Lipinski definition) is 0. The van der Waals surface area contributed by atoms with Crippen molar-refractivity contribution in [1.29, 1.82) is 0 Å². The van der Waals surface area contributed by atoms with Gasteiger partial charge in [-0.15, -0.1) is 0 Å². The molecule has 0 saturated carbocycles. The summed E-state index contributed by atoms with van der Waals surface area (Å²) < 4.78 is 21.8. The molecule has 5 heteroatoms. The van der Waals surface area contributed by atoms with Crippen LogP contribution >= 0.6 is 17.4 Å². The second-order valence-corrected chi connectivity index (χ2v) is 1.18. The van der Waals surface area contributed by atoms with E-state index in [4.69, 9.17) is 9.13 Å². The van der Waals surface area contributed by atoms with Crippen molar-refractivity contribution >= 4 is 17.4 Å². The van der Waals surface area contributed by atoms with E-state index in [0.717, 1.165) is 0 Å². The van der Waals surface area contributed by atoms with Crippen molar-refractivity contribution < 1.29 is 13.4 Å². The van der Waals surface area contributed by atoms with E-state index in [1.807, 2.05) is 0 Å². The Labute approximate surface area is 31.9 Å². The zero-order valence-corrected chi connectivity index (χ0v) is 3.91. The molecule has 0 N–H and O–H groups in total. The minimum atomic E-state index is -0.545. The maximum Gasteiger partial charge on any atom is 0.339 e. The SMILES string of the molecule is O=POP=O. The fourth-order valence-corrected chi connectivity index (χ4v) is 0.122. The van der Waals surface area contributed by atoms with E-state index < -0.39 is 17.4 Å². The summed E-state index contributed by atoms with van der Waals surface area (Å²) in [5.41, 5.74) is 0. The Balaban J connectivity index is 2.65. The van der Waals surface area contributed by atoms with Gasteiger partial charge in [-0.05, 0) is 0 Å². The van der Waals surface area contributed by atoms with Crippen LogP contribution in [0.1, 0.15) is 0 Å². The highest BCUT2D eigenvalue weighted by Gasteiger charge is 1.67. The van der Waals surface area contributed by atoms with Crippen LogP contribution in [0.5, 0.6) is 0 Å². The summed E-state index contributed by atoms with van der Waals surface area (Å²) in [5.74, 6) is 0. The Morgan fingerprint density at radius 3 is 1.60 bits per heavy atom. The van der Waals surface area contributed by atoms with Crippen LogP contribution in [0.3, 0.4) is 0 Å². The zero-order chi connectivity index (χ0) is 4.12. The van der Waals surface area contributed by atoms with Crippen LogP contribution in [-0.4, -0.2) is 0 Å². The number of hydrogen-bond acceptors (Lipinski definition) is 3. The molecule has 0 aliphatic carbocycles. The summed E-state index contributed by atoms with van der Waals surface area (Å²) in [6.07, 6.45) is 0. The summed E-state index contributed by atoms with van der Waals surface area (Å²) >= 11 is 0. The molecular weight excluding hydrogens is 110 g/mol. The minimum Gasteiger partial charge on any atom is -0.240 e. The molecule has 0 aliphatic heterocycles. The molecule has 0 aliphatic rings. The van der Waals surface area contributed by atoms with Gasteiger partial charge in [0, 0.05) is 0 Å². The van der Waals surface area contributed by atoms with E-state index in [2.05, 4.69) is 4.31 Å². The smallest absolute Gasteiger partial charge is 0.240 e. The first-order valence-corrected chi connectivity index (χ1v) is 2.19. The average Bonchev–Trinajstić information content (AvgIpc) is 1.41. The van der Waals surface area contributed by atoms with Gasteiger partial charge in [0.15, 0.2) is 0 Å². The van der Waals surface area contributed by atoms with E-state index in [0.29, 0.717) is 0 Å². The van der Waals surface area contributed by atoms with Gasteiger partial charge in [0.05, 0.1) is 0 Å². The van der Waals surface area contributed by atoms with Gasteiger partial charge in [-0.25, -0.2) is 9.13 Å². The number of rotatable bonds is 2. The molecule has 0 heterocycles. The summed E-state index contributed by atoms with van der Waals surface area (Å²) in [6.45, 7) is 0. The fraction of sp³-hybridized carbons (Fsp3) is 0. The lowest BCUT2D eigenvalue weighted by atomic mass is 15.8. The third kappa shape index (κ3) is 4.16. The molecule has 0 unspecified atom stereocenters. The predicted octanol–water partition coefficient (Wildman–Crippen LogP) is 1.42. The second kappa shape index (κ2) is 4.16. The van der Waals surface area contributed by atoms with Crippen molar-refractivity contribution in [1.82, 2.24) is 0 Å². The van der Waals surface area contributed by atoms with Gasteiger partial charge in [0.2, 0.25) is 0 Å². The molecule has 0 aromatic heterocycles. The normalized spacial score (nSPS) is 9.60. The van der Waals surface area contributed by atoms with Gasteiger partial charge in [-0.1, -0.05) is 0 Å². The van der Waals surface area contributed by atoms with Crippen LogP contribution < -0.4 is 0 Å². The molecule has 0 saturated heterocycles. The zero-order valence-electron chi connectivity index (χ0n) is 2.12. The summed E-state index contributed by atoms with van der Waals surface area (Å²) in [6, 6.07) is 0. The largest absolute Gasteiger partial charge is 0.339 e. The Kier molecular flexibility index (Phi) is 4.29. The summed E-state index contributed by atoms with van der Waals surface area (Å²) in [4.78, 5) is 0. The first kappa shape index (κ1) is 5.16. The molecule has 0 fully saturated rings. The molecule has 5 heavy (non-hydrogen) atoms. The quantitative estimate of drug-likeness (QED) is 0.504. The summed E-state index contributed by atoms with van der Waals surface area (Å²) in [7, 11) is -1.09. The fourth-order valence-electron chi connectivity index (χ4n) is 0.0136. The molecule has 28 valence electrons. The van der Waals surface area contributed by atoms with Crippen LogP contribution in [0.4, 0.5) is 0 Å². The maximum atomic E-state index is 9.07. The van der Waals surface area contributed by atoms with Gasteiger partial charge < -0.3 is 0 Å².